The van der Waals surface area contributed by atoms with Crippen LogP contribution >= 0.6 is 31.9 Å². The molecule has 4 aromatic rings. The van der Waals surface area contributed by atoms with Crippen molar-refractivity contribution >= 4 is 84.7 Å². The van der Waals surface area contributed by atoms with Gasteiger partial charge in [-0.15, -0.1) is 0 Å². The molecule has 0 radical (unpaired) electrons. The molecule has 2 aliphatic carbocycles. The van der Waals surface area contributed by atoms with Crippen LogP contribution in [0.3, 0.4) is 0 Å². The second kappa shape index (κ2) is 25.9. The molecule has 0 bridgehead atoms. The fourth-order valence-electron chi connectivity index (χ4n) is 8.11. The predicted octanol–water partition coefficient (Wildman–Crippen LogP) is 7.20. The predicted molar refractivity (Wildman–Crippen MR) is 274 cm³/mol. The molecule has 0 spiro atoms. The van der Waals surface area contributed by atoms with Crippen LogP contribution in [0.1, 0.15) is 57.2 Å². The number of sulfonamides is 2. The quantitative estimate of drug-likeness (QED) is 0.0760. The van der Waals surface area contributed by atoms with Crippen LogP contribution in [0.5, 0.6) is 11.5 Å². The third-order valence-electron chi connectivity index (χ3n) is 11.7. The molecule has 0 saturated carbocycles. The zero-order chi connectivity index (χ0) is 54.7. The van der Waals surface area contributed by atoms with Gasteiger partial charge in [-0.05, 0) is 116 Å². The molecule has 4 aliphatic rings. The third-order valence-corrected chi connectivity index (χ3v) is 16.4. The van der Waals surface area contributed by atoms with E-state index in [0.717, 1.165) is 43.5 Å². The second-order valence-corrected chi connectivity index (χ2v) is 24.0. The van der Waals surface area contributed by atoms with Gasteiger partial charge in [-0.1, -0.05) is 0 Å². The SMILES string of the molecule is CS(=O)(=O)N1CCN(CCCOc2ccc3c(c2)C(=O)C(Br)=C3c2ccc(F)cc2F)CC1.CS(=O)(=O)OCCCN1CCN(S(C)(=O)=O)CC1.O=C1C(Br)=C(c2ccc(F)cc2F)c2ccc(O)cc21.[2H]CF. The van der Waals surface area contributed by atoms with Crippen LogP contribution in [0.25, 0.3) is 11.1 Å². The van der Waals surface area contributed by atoms with Gasteiger partial charge >= 0.3 is 0 Å². The molecular formula is C48H53Br2F5N4O11S3. The van der Waals surface area contributed by atoms with Gasteiger partial charge in [0, 0.05) is 111 Å². The highest BCUT2D eigenvalue weighted by atomic mass is 79.9. The number of halogens is 7. The molecule has 73 heavy (non-hydrogen) atoms. The number of alkyl halides is 1. The van der Waals surface area contributed by atoms with E-state index in [0.29, 0.717) is 106 Å². The smallest absolute Gasteiger partial charge is 0.264 e. The van der Waals surface area contributed by atoms with Gasteiger partial charge in [0.2, 0.25) is 31.6 Å². The number of carbonyl (C=O) groups excluding carboxylic acids is 2. The molecule has 0 aromatic heterocycles. The van der Waals surface area contributed by atoms with Gasteiger partial charge in [0.15, 0.2) is 0 Å². The lowest BCUT2D eigenvalue weighted by Crippen LogP contribution is -2.48. The van der Waals surface area contributed by atoms with Crippen molar-refractivity contribution in [1.29, 1.82) is 0 Å². The van der Waals surface area contributed by atoms with Gasteiger partial charge in [-0.2, -0.15) is 17.0 Å². The third kappa shape index (κ3) is 16.0. The first-order chi connectivity index (χ1) is 34.7. The van der Waals surface area contributed by atoms with Crippen LogP contribution in [0, 0.1) is 23.3 Å². The van der Waals surface area contributed by atoms with Crippen molar-refractivity contribution in [1.82, 2.24) is 18.4 Å². The zero-order valence-electron chi connectivity index (χ0n) is 40.7. The van der Waals surface area contributed by atoms with E-state index in [2.05, 4.69) is 45.8 Å². The molecule has 0 amide bonds. The number of benzene rings is 4. The Morgan fingerprint density at radius 3 is 1.38 bits per heavy atom. The number of rotatable bonds is 14. The normalized spacial score (nSPS) is 16.9. The number of allylic oxidation sites excluding steroid dienone is 2. The van der Waals surface area contributed by atoms with Gasteiger partial charge in [0.25, 0.3) is 10.1 Å². The molecule has 8 rings (SSSR count). The molecule has 25 heteroatoms. The molecule has 1 N–H and O–H groups in total. The molecule has 2 fully saturated rings. The Morgan fingerprint density at radius 1 is 0.575 bits per heavy atom. The fourth-order valence-corrected chi connectivity index (χ4v) is 11.5. The van der Waals surface area contributed by atoms with Crippen LogP contribution in [0.4, 0.5) is 22.0 Å². The summed E-state index contributed by atoms with van der Waals surface area (Å²) < 4.78 is 151. The first-order valence-electron chi connectivity index (χ1n) is 22.9. The van der Waals surface area contributed by atoms with Gasteiger partial charge in [-0.25, -0.2) is 34.4 Å². The van der Waals surface area contributed by atoms with Gasteiger partial charge in [0.05, 0.1) is 49.5 Å². The van der Waals surface area contributed by atoms with Gasteiger partial charge in [-0.3, -0.25) is 18.2 Å². The van der Waals surface area contributed by atoms with E-state index in [4.69, 9.17) is 6.11 Å². The number of phenols is 1. The summed E-state index contributed by atoms with van der Waals surface area (Å²) in [5.74, 6) is -2.97. The standard InChI is InChI=1S/C23H23BrF2N2O4S.C15H7BrF2O2.C9H20N2O5S2.CH3F/c1-33(30,31)28-10-8-27(9-11-28)7-2-12-32-16-4-6-17-19(14-16)23(29)22(24)21(17)18-5-3-15(25)13-20(18)26;16-14-13(10-3-1-7(17)5-12(10)18)9-4-2-8(19)6-11(9)15(14)20;1-17(12,13)11-7-5-10(6-8-11)4-3-9-16-18(2,14)15;1-2/h3-6,13-14H,2,7-12H2,1H3;1-6,19H;3-9H2,1-2H3;1H3/i;;;1D. The van der Waals surface area contributed by atoms with Crippen molar-refractivity contribution in [3.05, 3.63) is 138 Å². The van der Waals surface area contributed by atoms with Crippen molar-refractivity contribution in [2.45, 2.75) is 12.8 Å². The van der Waals surface area contributed by atoms with Crippen molar-refractivity contribution < 1.29 is 72.2 Å². The number of piperazine rings is 2. The van der Waals surface area contributed by atoms with Crippen LogP contribution < -0.4 is 4.74 Å². The summed E-state index contributed by atoms with van der Waals surface area (Å²) in [7, 11) is -10.6. The molecule has 4 aromatic carbocycles. The van der Waals surface area contributed by atoms with Crippen molar-refractivity contribution in [3.8, 4) is 11.5 Å². The van der Waals surface area contributed by atoms with Crippen molar-refractivity contribution in [3.63, 3.8) is 0 Å². The average Bonchev–Trinajstić information content (AvgIpc) is 3.72. The van der Waals surface area contributed by atoms with E-state index in [1.165, 1.54) is 51.5 Å². The first-order valence-corrected chi connectivity index (χ1v) is 29.3. The summed E-state index contributed by atoms with van der Waals surface area (Å²) in [5, 5.41) is 9.44. The summed E-state index contributed by atoms with van der Waals surface area (Å²) in [6, 6.07) is 15.8. The van der Waals surface area contributed by atoms with Crippen molar-refractivity contribution in [2.24, 2.45) is 0 Å². The summed E-state index contributed by atoms with van der Waals surface area (Å²) in [6.07, 6.45) is 4.83. The van der Waals surface area contributed by atoms with E-state index < -0.39 is 60.6 Å². The molecule has 2 aliphatic heterocycles. The number of ketones is 2. The lowest BCUT2D eigenvalue weighted by molar-refractivity contribution is 0.103. The summed E-state index contributed by atoms with van der Waals surface area (Å²) in [5.41, 5.74) is 2.80. The Kier molecular flexibility index (Phi) is 20.5. The van der Waals surface area contributed by atoms with Crippen molar-refractivity contribution in [2.75, 3.05) is 105 Å². The van der Waals surface area contributed by atoms with E-state index in [1.807, 2.05) is 0 Å². The average molecular weight is 1210 g/mol. The zero-order valence-corrected chi connectivity index (χ0v) is 45.3. The van der Waals surface area contributed by atoms with Crippen LogP contribution in [0.15, 0.2) is 81.8 Å². The van der Waals surface area contributed by atoms with Crippen LogP contribution in [-0.4, -0.2) is 165 Å². The minimum atomic E-state index is -3.36. The Hall–Kier alpha value is -4.44. The summed E-state index contributed by atoms with van der Waals surface area (Å²) in [4.78, 5) is 29.1. The topological polar surface area (TPSA) is 188 Å². The molecule has 2 heterocycles. The number of aromatic hydroxyl groups is 1. The Morgan fingerprint density at radius 2 is 0.973 bits per heavy atom. The molecular weight excluding hydrogens is 1160 g/mol. The number of phenolic OH excluding ortho intramolecular Hbond substituents is 1. The minimum absolute atomic E-state index is 0.0433. The second-order valence-electron chi connectivity index (χ2n) is 16.8. The highest BCUT2D eigenvalue weighted by molar-refractivity contribution is 9.12. The number of carbonyl (C=O) groups is 2. The molecule has 0 atom stereocenters. The highest BCUT2D eigenvalue weighted by Gasteiger charge is 2.33. The number of fused-ring (bicyclic) bond motifs is 2. The number of nitrogens with zero attached hydrogens (tertiary/aromatic N) is 4. The maximum absolute atomic E-state index is 14.3. The van der Waals surface area contributed by atoms with E-state index in [1.54, 1.807) is 18.2 Å². The van der Waals surface area contributed by atoms with Gasteiger partial charge < -0.3 is 19.6 Å². The van der Waals surface area contributed by atoms with E-state index in [-0.39, 0.29) is 49.6 Å². The lowest BCUT2D eigenvalue weighted by Gasteiger charge is -2.33. The van der Waals surface area contributed by atoms with Gasteiger partial charge in [0.1, 0.15) is 34.8 Å². The summed E-state index contributed by atoms with van der Waals surface area (Å²) >= 11 is 6.42. The monoisotopic (exact) mass is 1210 g/mol. The number of hydrogen-bond acceptors (Lipinski definition) is 13. The van der Waals surface area contributed by atoms with Crippen LogP contribution in [-0.2, 0) is 34.3 Å². The molecule has 0 unspecified atom stereocenters. The Labute approximate surface area is 440 Å². The lowest BCUT2D eigenvalue weighted by atomic mass is 9.98. The fraction of sp³-hybridized carbons (Fsp3) is 0.375. The minimum Gasteiger partial charge on any atom is -0.508 e. The maximum atomic E-state index is 14.3. The summed E-state index contributed by atoms with van der Waals surface area (Å²) in [6.45, 7) is 6.78. The highest BCUT2D eigenvalue weighted by Crippen LogP contribution is 2.43. The largest absolute Gasteiger partial charge is 0.508 e. The molecule has 398 valence electrons. The van der Waals surface area contributed by atoms with Crippen LogP contribution in [0.2, 0.25) is 0 Å². The number of hydrogen-bond donors (Lipinski definition) is 1. The molecule has 2 saturated heterocycles. The Balaban J connectivity index is 0.000000213. The van der Waals surface area contributed by atoms with E-state index >= 15 is 0 Å². The maximum Gasteiger partial charge on any atom is 0.264 e. The first kappa shape index (κ1) is 57.8. The molecule has 15 nitrogen and oxygen atoms in total. The van der Waals surface area contributed by atoms with E-state index in [9.17, 15) is 61.9 Å². The number of ether oxygens (including phenoxy) is 1. The Bertz CT molecular complexity index is 3120. The number of Topliss-reactive ketones (excluding diaryl/α,β-unsaturated/α-hetero) is 2.